The molecule has 0 bridgehead atoms. The Morgan fingerprint density at radius 2 is 1.92 bits per heavy atom. The molecule has 5 rings (SSSR count). The molecule has 6 nitrogen and oxygen atoms in total. The summed E-state index contributed by atoms with van der Waals surface area (Å²) < 4.78 is 20.4. The van der Waals surface area contributed by atoms with E-state index in [4.69, 9.17) is 4.74 Å². The minimum atomic E-state index is -0.776. The number of amides is 1. The van der Waals surface area contributed by atoms with Crippen LogP contribution in [0.2, 0.25) is 0 Å². The molecule has 0 saturated carbocycles. The number of nitrogens with one attached hydrogen (secondary N) is 1. The van der Waals surface area contributed by atoms with Gasteiger partial charge >= 0.3 is 5.97 Å². The van der Waals surface area contributed by atoms with Crippen LogP contribution in [0.15, 0.2) is 75.9 Å². The van der Waals surface area contributed by atoms with Crippen LogP contribution >= 0.6 is 11.8 Å². The van der Waals surface area contributed by atoms with Crippen molar-refractivity contribution in [1.82, 2.24) is 10.2 Å². The third kappa shape index (κ3) is 4.57. The highest BCUT2D eigenvalue weighted by molar-refractivity contribution is 8.16. The van der Waals surface area contributed by atoms with Crippen LogP contribution in [0.3, 0.4) is 0 Å². The van der Waals surface area contributed by atoms with Crippen LogP contribution in [0.4, 0.5) is 4.39 Å². The van der Waals surface area contributed by atoms with Crippen LogP contribution < -0.4 is 5.32 Å². The number of carbonyl (C=O) groups excluding carboxylic acids is 2. The predicted octanol–water partition coefficient (Wildman–Crippen LogP) is 5.55. The Morgan fingerprint density at radius 3 is 2.69 bits per heavy atom. The van der Waals surface area contributed by atoms with Gasteiger partial charge in [-0.15, -0.1) is 0 Å². The Bertz CT molecular complexity index is 1300. The Balaban J connectivity index is 1.43. The number of hydrogen-bond donors (Lipinski definition) is 1. The maximum atomic E-state index is 15.1. The fraction of sp³-hybridized carbons (Fsp3) is 0.321. The number of carbonyl (C=O) groups is 2. The fourth-order valence-electron chi connectivity index (χ4n) is 5.14. The largest absolute Gasteiger partial charge is 0.463 e. The second kappa shape index (κ2) is 10.3. The normalized spacial score (nSPS) is 20.8. The molecule has 0 aromatic heterocycles. The lowest BCUT2D eigenvalue weighted by atomic mass is 9.87. The second-order valence-electron chi connectivity index (χ2n) is 9.02. The lowest BCUT2D eigenvalue weighted by molar-refractivity contribution is -0.139. The van der Waals surface area contributed by atoms with Crippen LogP contribution in [0.25, 0.3) is 0 Å². The first-order valence-corrected chi connectivity index (χ1v) is 13.1. The van der Waals surface area contributed by atoms with Gasteiger partial charge in [-0.25, -0.2) is 14.2 Å². The molecule has 36 heavy (non-hydrogen) atoms. The number of aliphatic imine (C=N–C) groups is 1. The molecular formula is C28H28FN3O3S. The van der Waals surface area contributed by atoms with Gasteiger partial charge in [0.05, 0.1) is 36.4 Å². The molecule has 1 N–H and O–H groups in total. The summed E-state index contributed by atoms with van der Waals surface area (Å²) in [6.07, 6.45) is 3.01. The lowest BCUT2D eigenvalue weighted by Gasteiger charge is -2.36. The standard InChI is InChI=1S/C28H28FN3O3S/c1-3-35-27(34)25-17(2)30-28-32(26(25)21-12-6-7-13-22(21)29)19(16-36-28)15-24(33)31-23-14-8-10-18-9-4-5-11-20(18)23/h4-7,9,11-13,16,23,26H,3,8,10,14-15H2,1-2H3,(H,31,33)/t23-,26+/m0/s1. The van der Waals surface area contributed by atoms with Gasteiger partial charge in [-0.2, -0.15) is 0 Å². The molecular weight excluding hydrogens is 477 g/mol. The van der Waals surface area contributed by atoms with E-state index >= 15 is 4.39 Å². The van der Waals surface area contributed by atoms with Crippen molar-refractivity contribution in [2.75, 3.05) is 6.61 Å². The number of fused-ring (bicyclic) bond motifs is 2. The van der Waals surface area contributed by atoms with Crippen LogP contribution in [0, 0.1) is 5.82 Å². The summed E-state index contributed by atoms with van der Waals surface area (Å²) in [6, 6.07) is 13.8. The Morgan fingerprint density at radius 1 is 1.17 bits per heavy atom. The third-order valence-electron chi connectivity index (χ3n) is 6.74. The molecule has 2 aromatic carbocycles. The number of aryl methyl sites for hydroxylation is 1. The molecule has 0 radical (unpaired) electrons. The first kappa shape index (κ1) is 24.3. The monoisotopic (exact) mass is 505 g/mol. The van der Waals surface area contributed by atoms with Crippen molar-refractivity contribution in [2.24, 2.45) is 4.99 Å². The zero-order chi connectivity index (χ0) is 25.2. The van der Waals surface area contributed by atoms with Crippen molar-refractivity contribution < 1.29 is 18.7 Å². The number of thioether (sulfide) groups is 1. The van der Waals surface area contributed by atoms with Crippen molar-refractivity contribution in [3.63, 3.8) is 0 Å². The number of nitrogens with zero attached hydrogens (tertiary/aromatic N) is 2. The summed E-state index contributed by atoms with van der Waals surface area (Å²) in [5.41, 5.74) is 4.21. The molecule has 0 fully saturated rings. The van der Waals surface area contributed by atoms with Gasteiger partial charge in [0.15, 0.2) is 5.17 Å². The van der Waals surface area contributed by atoms with Crippen molar-refractivity contribution in [2.45, 2.75) is 51.6 Å². The van der Waals surface area contributed by atoms with Crippen LogP contribution in [-0.4, -0.2) is 28.6 Å². The van der Waals surface area contributed by atoms with E-state index in [0.717, 1.165) is 19.3 Å². The zero-order valence-electron chi connectivity index (χ0n) is 20.3. The van der Waals surface area contributed by atoms with Crippen LogP contribution in [0.1, 0.15) is 61.9 Å². The third-order valence-corrected chi connectivity index (χ3v) is 7.63. The van der Waals surface area contributed by atoms with E-state index in [1.54, 1.807) is 36.9 Å². The van der Waals surface area contributed by atoms with Gasteiger partial charge in [0.2, 0.25) is 5.91 Å². The molecule has 2 aliphatic heterocycles. The van der Waals surface area contributed by atoms with E-state index in [-0.39, 0.29) is 30.5 Å². The van der Waals surface area contributed by atoms with Gasteiger partial charge in [-0.1, -0.05) is 54.2 Å². The fourth-order valence-corrected chi connectivity index (χ4v) is 6.11. The average molecular weight is 506 g/mol. The van der Waals surface area contributed by atoms with Crippen LogP contribution in [-0.2, 0) is 20.7 Å². The van der Waals surface area contributed by atoms with Crippen molar-refractivity contribution >= 4 is 28.8 Å². The number of hydrogen-bond acceptors (Lipinski definition) is 6. The van der Waals surface area contributed by atoms with E-state index in [2.05, 4.69) is 22.4 Å². The maximum absolute atomic E-state index is 15.1. The van der Waals surface area contributed by atoms with Gasteiger partial charge in [-0.3, -0.25) is 4.79 Å². The highest BCUT2D eigenvalue weighted by atomic mass is 32.2. The number of benzene rings is 2. The number of allylic oxidation sites excluding steroid dienone is 1. The Labute approximate surface area is 214 Å². The molecule has 2 atom stereocenters. The number of esters is 1. The summed E-state index contributed by atoms with van der Waals surface area (Å²) in [5.74, 6) is -1.09. The van der Waals surface area contributed by atoms with E-state index in [1.807, 2.05) is 17.5 Å². The summed E-state index contributed by atoms with van der Waals surface area (Å²) in [7, 11) is 0. The van der Waals surface area contributed by atoms with Gasteiger partial charge in [0.25, 0.3) is 0 Å². The second-order valence-corrected chi connectivity index (χ2v) is 9.86. The number of halogens is 1. The van der Waals surface area contributed by atoms with E-state index < -0.39 is 17.8 Å². The molecule has 1 amide bonds. The average Bonchev–Trinajstić information content (AvgIpc) is 3.25. The van der Waals surface area contributed by atoms with Crippen LogP contribution in [0.5, 0.6) is 0 Å². The van der Waals surface area contributed by atoms with Gasteiger partial charge in [0.1, 0.15) is 5.82 Å². The maximum Gasteiger partial charge on any atom is 0.338 e. The lowest BCUT2D eigenvalue weighted by Crippen LogP contribution is -2.39. The zero-order valence-corrected chi connectivity index (χ0v) is 21.1. The van der Waals surface area contributed by atoms with Crippen molar-refractivity contribution in [3.05, 3.63) is 93.4 Å². The first-order valence-electron chi connectivity index (χ1n) is 12.2. The number of rotatable bonds is 6. The van der Waals surface area contributed by atoms with Crippen molar-refractivity contribution in [1.29, 1.82) is 0 Å². The highest BCUT2D eigenvalue weighted by Gasteiger charge is 2.42. The topological polar surface area (TPSA) is 71.0 Å². The summed E-state index contributed by atoms with van der Waals surface area (Å²) in [4.78, 5) is 32.7. The Kier molecular flexibility index (Phi) is 6.96. The smallest absolute Gasteiger partial charge is 0.338 e. The molecule has 8 heteroatoms. The number of ether oxygens (including phenoxy) is 1. The van der Waals surface area contributed by atoms with E-state index in [1.165, 1.54) is 29.0 Å². The summed E-state index contributed by atoms with van der Waals surface area (Å²) >= 11 is 1.37. The molecule has 2 heterocycles. The van der Waals surface area contributed by atoms with Crippen molar-refractivity contribution in [3.8, 4) is 0 Å². The Hall–Kier alpha value is -3.39. The van der Waals surface area contributed by atoms with E-state index in [0.29, 0.717) is 22.1 Å². The summed E-state index contributed by atoms with van der Waals surface area (Å²) in [6.45, 7) is 3.66. The SMILES string of the molecule is CCOC(=O)C1=C(C)N=C2SC=C(CC(=O)N[C@H]3CCCc4ccccc43)N2[C@@H]1c1ccccc1F. The minimum absolute atomic E-state index is 0.0359. The molecule has 0 saturated heterocycles. The van der Waals surface area contributed by atoms with Gasteiger partial charge < -0.3 is 15.0 Å². The molecule has 1 aliphatic carbocycles. The molecule has 2 aromatic rings. The van der Waals surface area contributed by atoms with E-state index in [9.17, 15) is 9.59 Å². The quantitative estimate of drug-likeness (QED) is 0.522. The predicted molar refractivity (Wildman–Crippen MR) is 138 cm³/mol. The molecule has 0 unspecified atom stereocenters. The van der Waals surface area contributed by atoms with Gasteiger partial charge in [-0.05, 0) is 55.7 Å². The molecule has 186 valence electrons. The first-order chi connectivity index (χ1) is 17.5. The number of amidine groups is 1. The molecule has 3 aliphatic rings. The molecule has 0 spiro atoms. The van der Waals surface area contributed by atoms with Gasteiger partial charge in [0, 0.05) is 11.3 Å². The summed E-state index contributed by atoms with van der Waals surface area (Å²) in [5, 5.41) is 5.67. The minimum Gasteiger partial charge on any atom is -0.463 e. The highest BCUT2D eigenvalue weighted by Crippen LogP contribution is 2.45.